The standard InChI is InChI=1S/C96H58N16/c1-97-73-58-82(111-78-46-42-69(93-103-85(61-26-10-2-11-27-61)99-86(104-93)62-28-12-3-13-29-62)54-74(78)75-55-70(43-47-79(75)111)94-105-87(63-30-14-4-15-31-63)100-88(106-94)64-32-16-5-17-33-64)84(60-50-52-98-53-51-60)83(59-73)112-80-48-44-71(95-107-89(65-34-18-6-19-35-65)101-90(108-95)66-36-20-7-21-37-66)56-76(80)77-57-72(45-49-81(77)112)96-109-91(67-38-22-8-23-39-67)102-92(110-96)68-40-24-9-25-41-68/h2-59H. The van der Waals surface area contributed by atoms with E-state index in [9.17, 15) is 0 Å². The molecule has 0 amide bonds. The fraction of sp³-hybridized carbons (Fsp3) is 0. The van der Waals surface area contributed by atoms with Crippen LogP contribution in [0.15, 0.2) is 352 Å². The summed E-state index contributed by atoms with van der Waals surface area (Å²) in [5, 5.41) is 3.49. The summed E-state index contributed by atoms with van der Waals surface area (Å²) in [6, 6.07) is 114. The molecule has 0 aliphatic rings. The number of benzene rings is 13. The zero-order chi connectivity index (χ0) is 74.4. The summed E-state index contributed by atoms with van der Waals surface area (Å²) < 4.78 is 4.55. The van der Waals surface area contributed by atoms with Crippen LogP contribution in [-0.4, -0.2) is 73.9 Å². The molecule has 0 saturated carbocycles. The average Bonchev–Trinajstić information content (AvgIpc) is 1.55. The Morgan fingerprint density at radius 3 is 0.589 bits per heavy atom. The van der Waals surface area contributed by atoms with Gasteiger partial charge in [0, 0.05) is 118 Å². The molecule has 0 spiro atoms. The molecule has 16 heteroatoms. The molecular weight excluding hydrogens is 1380 g/mol. The van der Waals surface area contributed by atoms with E-state index in [1.807, 2.05) is 279 Å². The van der Waals surface area contributed by atoms with Crippen molar-refractivity contribution in [2.45, 2.75) is 0 Å². The Hall–Kier alpha value is -15.9. The second kappa shape index (κ2) is 28.1. The molecule has 0 aliphatic carbocycles. The molecule has 7 aromatic heterocycles. The van der Waals surface area contributed by atoms with Crippen LogP contribution in [0.25, 0.3) is 208 Å². The Balaban J connectivity index is 0.852. The van der Waals surface area contributed by atoms with E-state index in [-0.39, 0.29) is 0 Å². The Kier molecular flexibility index (Phi) is 16.5. The molecule has 20 rings (SSSR count). The van der Waals surface area contributed by atoms with Gasteiger partial charge in [0.15, 0.2) is 75.6 Å². The van der Waals surface area contributed by atoms with Gasteiger partial charge in [0.1, 0.15) is 0 Å². The van der Waals surface area contributed by atoms with Gasteiger partial charge in [-0.15, -0.1) is 0 Å². The number of pyridine rings is 1. The number of hydrogen-bond acceptors (Lipinski definition) is 13. The molecule has 0 aliphatic heterocycles. The third kappa shape index (κ3) is 12.3. The topological polar surface area (TPSA) is 182 Å². The van der Waals surface area contributed by atoms with E-state index in [2.05, 4.69) is 91.8 Å². The first kappa shape index (κ1) is 65.6. The summed E-state index contributed by atoms with van der Waals surface area (Å²) in [6.45, 7) is 9.16. The molecule has 0 N–H and O–H groups in total. The first-order valence-electron chi connectivity index (χ1n) is 36.6. The van der Waals surface area contributed by atoms with Crippen LogP contribution in [0.4, 0.5) is 5.69 Å². The molecule has 0 atom stereocenters. The van der Waals surface area contributed by atoms with E-state index in [4.69, 9.17) is 66.4 Å². The largest absolute Gasteiger partial charge is 0.310 e. The SMILES string of the molecule is [C-]#[N+]c1cc(-n2c3ccc(-c4nc(-c5ccccc5)nc(-c5ccccc5)n4)cc3c3cc(-c4nc(-c5ccccc5)nc(-c5ccccc5)n4)ccc32)c(-c2ccncc2)c(-n2c3ccc(-c4nc(-c5ccccc5)nc(-c5ccccc5)n4)cc3c3cc(-c4nc(-c5ccccc5)nc(-c5ccccc5)n4)ccc32)c1. The molecule has 0 bridgehead atoms. The van der Waals surface area contributed by atoms with Crippen LogP contribution < -0.4 is 0 Å². The van der Waals surface area contributed by atoms with Crippen LogP contribution in [0.5, 0.6) is 0 Å². The molecule has 0 unspecified atom stereocenters. The first-order chi connectivity index (χ1) is 55.4. The van der Waals surface area contributed by atoms with Crippen molar-refractivity contribution in [2.24, 2.45) is 0 Å². The maximum Gasteiger partial charge on any atom is 0.191 e. The lowest BCUT2D eigenvalue weighted by Gasteiger charge is -2.21. The number of hydrogen-bond donors (Lipinski definition) is 0. The van der Waals surface area contributed by atoms with Gasteiger partial charge in [0.25, 0.3) is 0 Å². The van der Waals surface area contributed by atoms with Crippen LogP contribution in [0, 0.1) is 6.57 Å². The maximum absolute atomic E-state index is 9.16. The zero-order valence-electron chi connectivity index (χ0n) is 59.6. The maximum atomic E-state index is 9.16. The van der Waals surface area contributed by atoms with Gasteiger partial charge in [-0.1, -0.05) is 243 Å². The molecule has 20 aromatic rings. The second-order valence-corrected chi connectivity index (χ2v) is 27.0. The fourth-order valence-corrected chi connectivity index (χ4v) is 14.7. The quantitative estimate of drug-likeness (QED) is 0.0885. The highest BCUT2D eigenvalue weighted by Crippen LogP contribution is 2.47. The van der Waals surface area contributed by atoms with Crippen molar-refractivity contribution < 1.29 is 0 Å². The lowest BCUT2D eigenvalue weighted by Crippen LogP contribution is -2.04. The minimum atomic E-state index is 0.396. The van der Waals surface area contributed by atoms with Crippen molar-refractivity contribution in [3.63, 3.8) is 0 Å². The number of aromatic nitrogens is 15. The molecule has 16 nitrogen and oxygen atoms in total. The third-order valence-corrected chi connectivity index (χ3v) is 20.0. The molecule has 0 radical (unpaired) electrons. The van der Waals surface area contributed by atoms with E-state index < -0.39 is 0 Å². The van der Waals surface area contributed by atoms with Gasteiger partial charge in [0.05, 0.1) is 28.6 Å². The van der Waals surface area contributed by atoms with Gasteiger partial charge in [-0.2, -0.15) is 0 Å². The van der Waals surface area contributed by atoms with E-state index in [0.717, 1.165) is 133 Å². The van der Waals surface area contributed by atoms with Gasteiger partial charge in [-0.25, -0.2) is 64.7 Å². The smallest absolute Gasteiger partial charge is 0.191 e. The monoisotopic (exact) mass is 1430 g/mol. The Morgan fingerprint density at radius 1 is 0.196 bits per heavy atom. The van der Waals surface area contributed by atoms with E-state index >= 15 is 0 Å². The minimum absolute atomic E-state index is 0.396. The summed E-state index contributed by atoms with van der Waals surface area (Å²) in [7, 11) is 0. The summed E-state index contributed by atoms with van der Waals surface area (Å²) in [6.07, 6.45) is 3.63. The van der Waals surface area contributed by atoms with Crippen molar-refractivity contribution >= 4 is 49.3 Å². The van der Waals surface area contributed by atoms with E-state index in [1.165, 1.54) is 0 Å². The normalized spacial score (nSPS) is 11.4. The number of nitrogens with zero attached hydrogens (tertiary/aromatic N) is 16. The molecule has 0 saturated heterocycles. The highest BCUT2D eigenvalue weighted by Gasteiger charge is 2.27. The van der Waals surface area contributed by atoms with Crippen LogP contribution >= 0.6 is 0 Å². The summed E-state index contributed by atoms with van der Waals surface area (Å²) >= 11 is 0. The van der Waals surface area contributed by atoms with Gasteiger partial charge in [0.2, 0.25) is 0 Å². The van der Waals surface area contributed by atoms with E-state index in [1.54, 1.807) is 0 Å². The second-order valence-electron chi connectivity index (χ2n) is 27.0. The zero-order valence-corrected chi connectivity index (χ0v) is 59.6. The van der Waals surface area contributed by atoms with Crippen molar-refractivity contribution in [2.75, 3.05) is 0 Å². The predicted molar refractivity (Wildman–Crippen MR) is 443 cm³/mol. The Bertz CT molecular complexity index is 6040. The predicted octanol–water partition coefficient (Wildman–Crippen LogP) is 22.2. The van der Waals surface area contributed by atoms with Crippen molar-refractivity contribution in [3.05, 3.63) is 364 Å². The lowest BCUT2D eigenvalue weighted by atomic mass is 10.00. The first-order valence-corrected chi connectivity index (χ1v) is 36.6. The minimum Gasteiger partial charge on any atom is -0.310 e. The Labute approximate surface area is 642 Å². The molecule has 7 heterocycles. The fourth-order valence-electron chi connectivity index (χ4n) is 14.7. The highest BCUT2D eigenvalue weighted by molar-refractivity contribution is 6.14. The number of rotatable bonds is 15. The van der Waals surface area contributed by atoms with Crippen LogP contribution in [0.1, 0.15) is 0 Å². The molecule has 13 aromatic carbocycles. The van der Waals surface area contributed by atoms with Crippen LogP contribution in [0.3, 0.4) is 0 Å². The summed E-state index contributed by atoms with van der Waals surface area (Å²) in [5.41, 5.74) is 16.7. The third-order valence-electron chi connectivity index (χ3n) is 20.0. The number of fused-ring (bicyclic) bond motifs is 6. The summed E-state index contributed by atoms with van der Waals surface area (Å²) in [4.78, 5) is 71.3. The van der Waals surface area contributed by atoms with Gasteiger partial charge < -0.3 is 9.13 Å². The molecule has 112 heavy (non-hydrogen) atoms. The van der Waals surface area contributed by atoms with Gasteiger partial charge in [-0.05, 0) is 103 Å². The van der Waals surface area contributed by atoms with Crippen LogP contribution in [-0.2, 0) is 0 Å². The van der Waals surface area contributed by atoms with Crippen molar-refractivity contribution in [1.29, 1.82) is 0 Å². The Morgan fingerprint density at radius 2 is 0.393 bits per heavy atom. The molecule has 0 fully saturated rings. The lowest BCUT2D eigenvalue weighted by molar-refractivity contribution is 1.07. The van der Waals surface area contributed by atoms with Crippen LogP contribution in [0.2, 0.25) is 0 Å². The molecular formula is C96H58N16. The average molecular weight is 1440 g/mol. The highest BCUT2D eigenvalue weighted by atomic mass is 15.1. The van der Waals surface area contributed by atoms with E-state index in [0.29, 0.717) is 75.6 Å². The molecule has 522 valence electrons. The van der Waals surface area contributed by atoms with Gasteiger partial charge in [-0.3, -0.25) is 4.98 Å². The van der Waals surface area contributed by atoms with Crippen molar-refractivity contribution in [3.8, 4) is 159 Å². The summed E-state index contributed by atoms with van der Waals surface area (Å²) in [5.74, 6) is 6.26. The van der Waals surface area contributed by atoms with Gasteiger partial charge >= 0.3 is 0 Å². The van der Waals surface area contributed by atoms with Crippen molar-refractivity contribution in [1.82, 2.24) is 73.9 Å².